The highest BCUT2D eigenvalue weighted by molar-refractivity contribution is 4.96. The number of unbranched alkanes of at least 4 members (excludes halogenated alkanes) is 1. The van der Waals surface area contributed by atoms with Crippen molar-refractivity contribution in [2.24, 2.45) is 47.3 Å². The lowest BCUT2D eigenvalue weighted by molar-refractivity contribution is -0.0545. The number of alkyl halides is 6. The van der Waals surface area contributed by atoms with Gasteiger partial charge in [-0.1, -0.05) is 183 Å². The number of hydrogen-bond acceptors (Lipinski definition) is 0. The lowest BCUT2D eigenvalue weighted by atomic mass is 9.97. The molecule has 0 saturated heterocycles. The average molecular weight is 721 g/mol. The zero-order valence-electron chi connectivity index (χ0n) is 33.1. The summed E-state index contributed by atoms with van der Waals surface area (Å²) >= 11 is 0. The zero-order valence-corrected chi connectivity index (χ0v) is 33.1. The standard InChI is InChI=1S/C10H20F2.2C10H18F2.C10H22.3CH4/c3*1-8(2)6-5-7-10(11,12)9(3)4;1-9(2)7-5-6-8-10(3)4;;;/h8-9H,5-7H2,1-4H3;5,7-9H,6H2,1-4H3;5-6,8-9H,7H2,1-4H3;9-10H,5-8H2,1-4H3;3*1H4/b;7-5+;6-5+;;;;. The molecule has 0 nitrogen and oxygen atoms in total. The van der Waals surface area contributed by atoms with E-state index in [1.807, 2.05) is 33.8 Å². The van der Waals surface area contributed by atoms with Crippen LogP contribution in [0.25, 0.3) is 0 Å². The largest absolute Gasteiger partial charge is 0.268 e. The van der Waals surface area contributed by atoms with Crippen molar-refractivity contribution in [1.82, 2.24) is 0 Å². The van der Waals surface area contributed by atoms with Crippen LogP contribution in [0.2, 0.25) is 0 Å². The normalized spacial score (nSPS) is 12.2. The van der Waals surface area contributed by atoms with Gasteiger partial charge in [0.05, 0.1) is 0 Å². The van der Waals surface area contributed by atoms with Crippen LogP contribution in [0.1, 0.15) is 191 Å². The van der Waals surface area contributed by atoms with Crippen LogP contribution in [0.5, 0.6) is 0 Å². The third-order valence-electron chi connectivity index (χ3n) is 7.42. The Balaban J connectivity index is -0.0000000943. The maximum atomic E-state index is 13.0. The first kappa shape index (κ1) is 63.1. The van der Waals surface area contributed by atoms with Crippen molar-refractivity contribution in [3.8, 4) is 0 Å². The molecule has 0 N–H and O–H groups in total. The lowest BCUT2D eigenvalue weighted by Gasteiger charge is -2.20. The molecule has 0 aliphatic carbocycles. The molecule has 304 valence electrons. The SMILES string of the molecule is C.C.C.CC(C)/C=C/CC(F)(F)C(C)C.CC(C)C/C=C/C(F)(F)C(C)C.CC(C)CCCC(F)(F)C(C)C.CC(C)CCCCC(C)C. The number of rotatable bonds is 18. The van der Waals surface area contributed by atoms with E-state index in [0.29, 0.717) is 24.2 Å². The fourth-order valence-corrected chi connectivity index (χ4v) is 3.56. The quantitative estimate of drug-likeness (QED) is 0.0751. The van der Waals surface area contributed by atoms with Crippen LogP contribution in [0.3, 0.4) is 0 Å². The minimum atomic E-state index is -2.64. The summed E-state index contributed by atoms with van der Waals surface area (Å²) in [6, 6.07) is 0. The molecule has 0 fully saturated rings. The summed E-state index contributed by atoms with van der Waals surface area (Å²) in [5.41, 5.74) is 0. The summed E-state index contributed by atoms with van der Waals surface area (Å²) in [4.78, 5) is 0. The fraction of sp³-hybridized carbons (Fsp3) is 0.907. The first-order valence-electron chi connectivity index (χ1n) is 18.2. The topological polar surface area (TPSA) is 0 Å². The fourth-order valence-electron chi connectivity index (χ4n) is 3.56. The predicted octanol–water partition coefficient (Wildman–Crippen LogP) is 17.6. The van der Waals surface area contributed by atoms with E-state index >= 15 is 0 Å². The van der Waals surface area contributed by atoms with Gasteiger partial charge in [-0.25, -0.2) is 26.3 Å². The van der Waals surface area contributed by atoms with Gasteiger partial charge in [-0.3, -0.25) is 0 Å². The second-order valence-electron chi connectivity index (χ2n) is 15.9. The Labute approximate surface area is 306 Å². The van der Waals surface area contributed by atoms with E-state index < -0.39 is 35.5 Å². The second kappa shape index (κ2) is 34.2. The van der Waals surface area contributed by atoms with Crippen molar-refractivity contribution in [1.29, 1.82) is 0 Å². The minimum absolute atomic E-state index is 0. The smallest absolute Gasteiger partial charge is 0.207 e. The maximum Gasteiger partial charge on any atom is 0.268 e. The van der Waals surface area contributed by atoms with Crippen LogP contribution in [0, 0.1) is 47.3 Å². The first-order chi connectivity index (χ1) is 20.7. The third kappa shape index (κ3) is 47.1. The van der Waals surface area contributed by atoms with E-state index in [1.54, 1.807) is 39.8 Å². The van der Waals surface area contributed by atoms with Crippen LogP contribution >= 0.6 is 0 Å². The molecule has 0 aromatic rings. The van der Waals surface area contributed by atoms with Gasteiger partial charge in [-0.05, 0) is 48.5 Å². The lowest BCUT2D eigenvalue weighted by Crippen LogP contribution is -2.23. The molecule has 0 aromatic heterocycles. The highest BCUT2D eigenvalue weighted by atomic mass is 19.3. The Morgan fingerprint density at radius 2 is 0.816 bits per heavy atom. The molecule has 0 atom stereocenters. The van der Waals surface area contributed by atoms with E-state index in [2.05, 4.69) is 41.5 Å². The van der Waals surface area contributed by atoms with Gasteiger partial charge in [0, 0.05) is 30.6 Å². The van der Waals surface area contributed by atoms with Gasteiger partial charge < -0.3 is 0 Å². The van der Waals surface area contributed by atoms with Crippen LogP contribution in [-0.4, -0.2) is 17.8 Å². The van der Waals surface area contributed by atoms with Gasteiger partial charge in [-0.2, -0.15) is 0 Å². The molecule has 49 heavy (non-hydrogen) atoms. The molecule has 0 heterocycles. The third-order valence-corrected chi connectivity index (χ3v) is 7.42. The predicted molar refractivity (Wildman–Crippen MR) is 214 cm³/mol. The molecule has 0 unspecified atom stereocenters. The van der Waals surface area contributed by atoms with Gasteiger partial charge in [0.1, 0.15) is 0 Å². The Morgan fingerprint density at radius 3 is 1.10 bits per heavy atom. The highest BCUT2D eigenvalue weighted by Crippen LogP contribution is 2.30. The minimum Gasteiger partial charge on any atom is -0.207 e. The van der Waals surface area contributed by atoms with Crippen molar-refractivity contribution in [3.05, 3.63) is 24.3 Å². The van der Waals surface area contributed by atoms with E-state index in [-0.39, 0.29) is 35.1 Å². The molecular formula is C43H90F6. The molecule has 0 amide bonds. The molecular weight excluding hydrogens is 630 g/mol. The van der Waals surface area contributed by atoms with Gasteiger partial charge in [0.15, 0.2) is 0 Å². The summed E-state index contributed by atoms with van der Waals surface area (Å²) in [5.74, 6) is -6.24. The number of halogens is 6. The second-order valence-corrected chi connectivity index (χ2v) is 15.9. The molecule has 0 spiro atoms. The molecule has 6 heteroatoms. The monoisotopic (exact) mass is 721 g/mol. The molecule has 0 aliphatic rings. The van der Waals surface area contributed by atoms with Crippen molar-refractivity contribution >= 4 is 0 Å². The maximum absolute atomic E-state index is 13.0. The van der Waals surface area contributed by atoms with Gasteiger partial charge >= 0.3 is 0 Å². The van der Waals surface area contributed by atoms with Gasteiger partial charge in [-0.15, -0.1) is 0 Å². The molecule has 0 saturated carbocycles. The van der Waals surface area contributed by atoms with Crippen LogP contribution in [0.15, 0.2) is 24.3 Å². The zero-order chi connectivity index (χ0) is 37.3. The van der Waals surface area contributed by atoms with Gasteiger partial charge in [0.2, 0.25) is 5.92 Å². The van der Waals surface area contributed by atoms with Crippen molar-refractivity contribution in [3.63, 3.8) is 0 Å². The Kier molecular flexibility index (Phi) is 44.0. The van der Waals surface area contributed by atoms with E-state index in [4.69, 9.17) is 0 Å². The van der Waals surface area contributed by atoms with Crippen LogP contribution in [0.4, 0.5) is 26.3 Å². The summed E-state index contributed by atoms with van der Waals surface area (Å²) in [7, 11) is 0. The molecule has 0 rings (SSSR count). The Bertz CT molecular complexity index is 704. The molecule has 0 aromatic carbocycles. The summed E-state index contributed by atoms with van der Waals surface area (Å²) in [6.45, 7) is 30.6. The van der Waals surface area contributed by atoms with Crippen molar-refractivity contribution < 1.29 is 26.3 Å². The summed E-state index contributed by atoms with van der Waals surface area (Å²) in [5, 5.41) is 0. The molecule has 0 aliphatic heterocycles. The van der Waals surface area contributed by atoms with Crippen LogP contribution in [-0.2, 0) is 0 Å². The van der Waals surface area contributed by atoms with Crippen molar-refractivity contribution in [2.75, 3.05) is 0 Å². The van der Waals surface area contributed by atoms with E-state index in [1.165, 1.54) is 39.5 Å². The van der Waals surface area contributed by atoms with Crippen LogP contribution < -0.4 is 0 Å². The molecule has 0 radical (unpaired) electrons. The highest BCUT2D eigenvalue weighted by Gasteiger charge is 2.32. The molecule has 0 bridgehead atoms. The summed E-state index contributed by atoms with van der Waals surface area (Å²) in [6.07, 6.45) is 13.8. The van der Waals surface area contributed by atoms with Crippen molar-refractivity contribution in [2.45, 2.75) is 209 Å². The average Bonchev–Trinajstić information content (AvgIpc) is 2.86. The first-order valence-corrected chi connectivity index (χ1v) is 18.2. The van der Waals surface area contributed by atoms with E-state index in [0.717, 1.165) is 30.8 Å². The number of allylic oxidation sites excluding steroid dienone is 4. The Morgan fingerprint density at radius 1 is 0.449 bits per heavy atom. The number of hydrogen-bond donors (Lipinski definition) is 0. The summed E-state index contributed by atoms with van der Waals surface area (Å²) < 4.78 is 77.7. The van der Waals surface area contributed by atoms with E-state index in [9.17, 15) is 26.3 Å². The van der Waals surface area contributed by atoms with Gasteiger partial charge in [0.25, 0.3) is 11.8 Å². The Hall–Kier alpha value is -0.940.